The lowest BCUT2D eigenvalue weighted by atomic mass is 9.98. The van der Waals surface area contributed by atoms with Crippen molar-refractivity contribution in [3.05, 3.63) is 243 Å². The number of para-hydroxylation sites is 2. The highest BCUT2D eigenvalue weighted by Gasteiger charge is 2.21. The lowest BCUT2D eigenvalue weighted by Gasteiger charge is -2.09. The Balaban J connectivity index is 0.777. The van der Waals surface area contributed by atoms with Crippen molar-refractivity contribution >= 4 is 97.2 Å². The number of benzene rings is 11. The number of hydrogen-bond donors (Lipinski definition) is 0. The first-order valence-electron chi connectivity index (χ1n) is 25.5. The van der Waals surface area contributed by atoms with Crippen molar-refractivity contribution in [2.45, 2.75) is 0 Å². The van der Waals surface area contributed by atoms with E-state index >= 15 is 0 Å². The van der Waals surface area contributed by atoms with E-state index in [2.05, 4.69) is 193 Å². The Morgan fingerprint density at radius 3 is 1.63 bits per heavy atom. The third-order valence-corrected chi connectivity index (χ3v) is 16.2. The van der Waals surface area contributed by atoms with Gasteiger partial charge in [-0.1, -0.05) is 152 Å². The molecule has 0 saturated heterocycles. The molecule has 16 aromatic rings. The lowest BCUT2D eigenvalue weighted by Crippen LogP contribution is -2.00. The molecule has 5 heterocycles. The Hall–Kier alpha value is -9.95. The van der Waals surface area contributed by atoms with Gasteiger partial charge in [0.05, 0.1) is 11.0 Å². The van der Waals surface area contributed by atoms with Crippen LogP contribution < -0.4 is 0 Å². The summed E-state index contributed by atoms with van der Waals surface area (Å²) in [5.74, 6) is 1.70. The largest absolute Gasteiger partial charge is 0.456 e. The van der Waals surface area contributed by atoms with Gasteiger partial charge in [-0.15, -0.1) is 11.3 Å². The van der Waals surface area contributed by atoms with Crippen LogP contribution in [0.3, 0.4) is 0 Å². The van der Waals surface area contributed by atoms with E-state index in [0.717, 1.165) is 88.5 Å². The molecule has 0 N–H and O–H groups in total. The number of fused-ring (bicyclic) bond motifs is 12. The molecule has 0 aliphatic carbocycles. The Kier molecular flexibility index (Phi) is 9.40. The molecular formula is C69H40N4O2S. The fourth-order valence-electron chi connectivity index (χ4n) is 11.4. The van der Waals surface area contributed by atoms with E-state index in [0.29, 0.717) is 17.5 Å². The second-order valence-electron chi connectivity index (χ2n) is 19.5. The highest BCUT2D eigenvalue weighted by Crippen LogP contribution is 2.43. The molecule has 0 bridgehead atoms. The Morgan fingerprint density at radius 2 is 0.842 bits per heavy atom. The molecule has 0 radical (unpaired) electrons. The molecule has 0 saturated carbocycles. The molecule has 5 aromatic heterocycles. The molecule has 0 aliphatic heterocycles. The van der Waals surface area contributed by atoms with Gasteiger partial charge < -0.3 is 13.4 Å². The van der Waals surface area contributed by atoms with Gasteiger partial charge in [0, 0.05) is 74.9 Å². The number of nitrogens with zero attached hydrogens (tertiary/aromatic N) is 4. The first-order valence-corrected chi connectivity index (χ1v) is 26.3. The van der Waals surface area contributed by atoms with E-state index in [4.69, 9.17) is 23.8 Å². The molecule has 0 fully saturated rings. The van der Waals surface area contributed by atoms with Crippen molar-refractivity contribution in [1.82, 2.24) is 19.5 Å². The monoisotopic (exact) mass is 988 g/mol. The van der Waals surface area contributed by atoms with Crippen molar-refractivity contribution in [3.63, 3.8) is 0 Å². The van der Waals surface area contributed by atoms with Crippen molar-refractivity contribution in [2.75, 3.05) is 0 Å². The zero-order chi connectivity index (χ0) is 49.8. The molecule has 11 aromatic carbocycles. The second-order valence-corrected chi connectivity index (χ2v) is 20.6. The standard InChI is InChI=1S/C69H40N4O2S/c1-4-13-41(14-5-1)46-23-29-51-52-30-25-48(39-63(52)75-62(51)38-46)68-70-67(42-15-6-2-7-16-42)71-69(72-68)54-20-12-22-61-66(54)57-37-44(27-33-60(57)74-61)45-28-34-64-56(36-45)53-31-24-47(40-65(53)76-64)43-26-32-59-55(35-43)50-19-10-11-21-58(50)73(59)49-17-8-3-9-18-49/h1-40H. The van der Waals surface area contributed by atoms with Crippen LogP contribution in [0.15, 0.2) is 251 Å². The predicted molar refractivity (Wildman–Crippen MR) is 314 cm³/mol. The molecule has 0 amide bonds. The van der Waals surface area contributed by atoms with Crippen LogP contribution >= 0.6 is 11.3 Å². The molecule has 7 heteroatoms. The average Bonchev–Trinajstić information content (AvgIpc) is 4.26. The molecule has 6 nitrogen and oxygen atoms in total. The van der Waals surface area contributed by atoms with Gasteiger partial charge in [-0.05, 0) is 124 Å². The fourth-order valence-corrected chi connectivity index (χ4v) is 12.5. The van der Waals surface area contributed by atoms with E-state index < -0.39 is 0 Å². The van der Waals surface area contributed by atoms with Crippen molar-refractivity contribution in [3.8, 4) is 73.2 Å². The Morgan fingerprint density at radius 1 is 0.289 bits per heavy atom. The Bertz CT molecular complexity index is 4990. The Labute approximate surface area is 439 Å². The summed E-state index contributed by atoms with van der Waals surface area (Å²) in [5, 5.41) is 9.04. The van der Waals surface area contributed by atoms with E-state index in [1.54, 1.807) is 0 Å². The fraction of sp³-hybridized carbons (Fsp3) is 0. The molecule has 0 aliphatic rings. The van der Waals surface area contributed by atoms with E-state index in [-0.39, 0.29) is 0 Å². The number of furan rings is 2. The average molecular weight is 989 g/mol. The SMILES string of the molecule is c1ccc(-c2ccc3c(c2)oc2cc(-c4nc(-c5ccccc5)nc(-c5cccc6oc7ccc(-c8ccc9sc%10cc(-c%11ccc%12c(c%11)c%11ccccc%11n%12-c%11ccccc%11)ccc%10c9c8)cc7c56)n4)ccc23)cc1. The predicted octanol–water partition coefficient (Wildman–Crippen LogP) is 19.1. The summed E-state index contributed by atoms with van der Waals surface area (Å²) in [4.78, 5) is 15.5. The zero-order valence-corrected chi connectivity index (χ0v) is 41.4. The summed E-state index contributed by atoms with van der Waals surface area (Å²) >= 11 is 1.84. The van der Waals surface area contributed by atoms with Gasteiger partial charge in [0.15, 0.2) is 17.5 Å². The molecular weight excluding hydrogens is 949 g/mol. The zero-order valence-electron chi connectivity index (χ0n) is 40.6. The van der Waals surface area contributed by atoms with Crippen LogP contribution in [0.4, 0.5) is 0 Å². The first kappa shape index (κ1) is 42.5. The van der Waals surface area contributed by atoms with Gasteiger partial charge in [-0.2, -0.15) is 0 Å². The maximum Gasteiger partial charge on any atom is 0.164 e. The molecule has 0 spiro atoms. The summed E-state index contributed by atoms with van der Waals surface area (Å²) in [7, 11) is 0. The summed E-state index contributed by atoms with van der Waals surface area (Å²) in [6, 6.07) is 85.8. The van der Waals surface area contributed by atoms with Gasteiger partial charge in [0.1, 0.15) is 22.3 Å². The molecule has 0 atom stereocenters. The number of rotatable bonds is 7. The molecule has 76 heavy (non-hydrogen) atoms. The lowest BCUT2D eigenvalue weighted by molar-refractivity contribution is 0.668. The number of thiophene rings is 1. The third-order valence-electron chi connectivity index (χ3n) is 15.1. The highest BCUT2D eigenvalue weighted by atomic mass is 32.1. The van der Waals surface area contributed by atoms with Gasteiger partial charge in [-0.25, -0.2) is 15.0 Å². The van der Waals surface area contributed by atoms with Crippen LogP contribution in [0.25, 0.3) is 159 Å². The first-order chi connectivity index (χ1) is 37.6. The number of hydrogen-bond acceptors (Lipinski definition) is 6. The van der Waals surface area contributed by atoms with E-state index in [1.807, 2.05) is 65.9 Å². The normalized spacial score (nSPS) is 11.9. The van der Waals surface area contributed by atoms with Gasteiger partial charge in [0.25, 0.3) is 0 Å². The van der Waals surface area contributed by atoms with Crippen LogP contribution in [0.5, 0.6) is 0 Å². The van der Waals surface area contributed by atoms with E-state index in [9.17, 15) is 0 Å². The maximum atomic E-state index is 6.60. The maximum absolute atomic E-state index is 6.60. The summed E-state index contributed by atoms with van der Waals surface area (Å²) in [6.07, 6.45) is 0. The summed E-state index contributed by atoms with van der Waals surface area (Å²) in [6.45, 7) is 0. The van der Waals surface area contributed by atoms with Gasteiger partial charge in [0.2, 0.25) is 0 Å². The minimum atomic E-state index is 0.554. The van der Waals surface area contributed by atoms with E-state index in [1.165, 1.54) is 53.1 Å². The van der Waals surface area contributed by atoms with Crippen molar-refractivity contribution in [1.29, 1.82) is 0 Å². The molecule has 0 unspecified atom stereocenters. The minimum absolute atomic E-state index is 0.554. The second kappa shape index (κ2) is 16.8. The van der Waals surface area contributed by atoms with Crippen molar-refractivity contribution in [2.24, 2.45) is 0 Å². The number of aromatic nitrogens is 4. The van der Waals surface area contributed by atoms with Crippen LogP contribution in [-0.2, 0) is 0 Å². The summed E-state index contributed by atoms with van der Waals surface area (Å²) in [5.41, 5.74) is 16.2. The topological polar surface area (TPSA) is 69.9 Å². The van der Waals surface area contributed by atoms with Crippen LogP contribution in [0, 0.1) is 0 Å². The van der Waals surface area contributed by atoms with Gasteiger partial charge >= 0.3 is 0 Å². The molecule has 354 valence electrons. The minimum Gasteiger partial charge on any atom is -0.456 e. The highest BCUT2D eigenvalue weighted by molar-refractivity contribution is 7.25. The quantitative estimate of drug-likeness (QED) is 0.159. The van der Waals surface area contributed by atoms with Crippen LogP contribution in [0.2, 0.25) is 0 Å². The van der Waals surface area contributed by atoms with Crippen molar-refractivity contribution < 1.29 is 8.83 Å². The molecule has 16 rings (SSSR count). The van der Waals surface area contributed by atoms with Crippen LogP contribution in [-0.4, -0.2) is 19.5 Å². The van der Waals surface area contributed by atoms with Gasteiger partial charge in [-0.3, -0.25) is 0 Å². The van der Waals surface area contributed by atoms with Crippen LogP contribution in [0.1, 0.15) is 0 Å². The summed E-state index contributed by atoms with van der Waals surface area (Å²) < 4.78 is 18.0. The smallest absolute Gasteiger partial charge is 0.164 e. The third kappa shape index (κ3) is 6.83.